The summed E-state index contributed by atoms with van der Waals surface area (Å²) in [5.74, 6) is 1.14. The molecule has 24 heavy (non-hydrogen) atoms. The van der Waals surface area contributed by atoms with E-state index in [1.54, 1.807) is 35.2 Å². The topological polar surface area (TPSA) is 65.0 Å². The van der Waals surface area contributed by atoms with E-state index in [9.17, 15) is 4.79 Å². The number of nitrogens with zero attached hydrogens (tertiary/aromatic N) is 3. The molecule has 4 rings (SSSR count). The number of benzene rings is 1. The zero-order valence-electron chi connectivity index (χ0n) is 13.1. The number of hydrogen-bond acceptors (Lipinski definition) is 6. The first-order valence-electron chi connectivity index (χ1n) is 7.75. The van der Waals surface area contributed by atoms with Crippen molar-refractivity contribution in [1.29, 1.82) is 0 Å². The molecule has 1 fully saturated rings. The second kappa shape index (κ2) is 6.13. The van der Waals surface area contributed by atoms with E-state index in [2.05, 4.69) is 15.0 Å². The molecule has 0 saturated heterocycles. The van der Waals surface area contributed by atoms with E-state index in [0.29, 0.717) is 23.1 Å². The molecule has 0 amide bonds. The van der Waals surface area contributed by atoms with Gasteiger partial charge >= 0.3 is 5.97 Å². The van der Waals surface area contributed by atoms with E-state index in [4.69, 9.17) is 4.74 Å². The van der Waals surface area contributed by atoms with E-state index < -0.39 is 5.97 Å². The van der Waals surface area contributed by atoms with Crippen LogP contribution in [0.1, 0.15) is 40.6 Å². The highest BCUT2D eigenvalue weighted by Gasteiger charge is 2.30. The van der Waals surface area contributed by atoms with Gasteiger partial charge in [-0.1, -0.05) is 0 Å². The first kappa shape index (κ1) is 15.0. The third-order valence-corrected chi connectivity index (χ3v) is 4.50. The fourth-order valence-corrected chi connectivity index (χ4v) is 3.08. The molecule has 0 bridgehead atoms. The van der Waals surface area contributed by atoms with Crippen molar-refractivity contribution in [2.45, 2.75) is 25.7 Å². The molecule has 3 aromatic rings. The first-order chi connectivity index (χ1) is 11.7. The quantitative estimate of drug-likeness (QED) is 0.532. The number of hydrogen-bond donors (Lipinski definition) is 0. The summed E-state index contributed by atoms with van der Waals surface area (Å²) >= 11 is 1.55. The number of thiazole rings is 1. The average molecular weight is 337 g/mol. The van der Waals surface area contributed by atoms with Gasteiger partial charge in [0.1, 0.15) is 17.1 Å². The number of aryl methyl sites for hydroxylation is 1. The second-order valence-electron chi connectivity index (χ2n) is 5.78. The van der Waals surface area contributed by atoms with Gasteiger partial charge in [0.25, 0.3) is 0 Å². The first-order valence-corrected chi connectivity index (χ1v) is 8.69. The summed E-state index contributed by atoms with van der Waals surface area (Å²) in [5, 5.41) is 1.98. The normalized spacial score (nSPS) is 13.7. The molecule has 6 heteroatoms. The van der Waals surface area contributed by atoms with Gasteiger partial charge in [0, 0.05) is 23.1 Å². The minimum atomic E-state index is -0.404. The maximum Gasteiger partial charge on any atom is 0.346 e. The summed E-state index contributed by atoms with van der Waals surface area (Å²) in [6.07, 6.45) is 3.71. The molecule has 2 aromatic heterocycles. The molecule has 0 aliphatic heterocycles. The van der Waals surface area contributed by atoms with Crippen molar-refractivity contribution in [3.05, 3.63) is 58.4 Å². The Morgan fingerprint density at radius 3 is 2.67 bits per heavy atom. The van der Waals surface area contributed by atoms with Gasteiger partial charge in [-0.05, 0) is 44.0 Å². The molecule has 1 saturated carbocycles. The van der Waals surface area contributed by atoms with Crippen molar-refractivity contribution < 1.29 is 9.53 Å². The largest absolute Gasteiger partial charge is 0.423 e. The van der Waals surface area contributed by atoms with Gasteiger partial charge in [-0.25, -0.2) is 19.7 Å². The SMILES string of the molecule is Cc1ncc(C(=O)Oc2ccc(-c3cscn3)cc2)c(C2CC2)n1. The summed E-state index contributed by atoms with van der Waals surface area (Å²) in [4.78, 5) is 25.3. The summed E-state index contributed by atoms with van der Waals surface area (Å²) in [6.45, 7) is 1.83. The Morgan fingerprint density at radius 2 is 2.00 bits per heavy atom. The van der Waals surface area contributed by atoms with Crippen LogP contribution in [0.15, 0.2) is 41.4 Å². The fraction of sp³-hybridized carbons (Fsp3) is 0.222. The van der Waals surface area contributed by atoms with Crippen LogP contribution in [0.2, 0.25) is 0 Å². The molecule has 0 spiro atoms. The lowest BCUT2D eigenvalue weighted by atomic mass is 10.1. The standard InChI is InChI=1S/C18H15N3O2S/c1-11-19-8-15(17(21-11)13-2-3-13)18(22)23-14-6-4-12(5-7-14)16-9-24-10-20-16/h4-10,13H,2-3H2,1H3. The van der Waals surface area contributed by atoms with E-state index in [0.717, 1.165) is 29.8 Å². The minimum Gasteiger partial charge on any atom is -0.423 e. The van der Waals surface area contributed by atoms with Crippen LogP contribution in [0.25, 0.3) is 11.3 Å². The fourth-order valence-electron chi connectivity index (χ4n) is 2.52. The lowest BCUT2D eigenvalue weighted by Gasteiger charge is -2.08. The zero-order valence-corrected chi connectivity index (χ0v) is 13.9. The number of ether oxygens (including phenoxy) is 1. The molecular formula is C18H15N3O2S. The number of carbonyl (C=O) groups excluding carboxylic acids is 1. The Bertz CT molecular complexity index is 872. The van der Waals surface area contributed by atoms with Gasteiger partial charge < -0.3 is 4.74 Å². The van der Waals surface area contributed by atoms with E-state index in [1.807, 2.05) is 24.4 Å². The highest BCUT2D eigenvalue weighted by molar-refractivity contribution is 7.07. The molecule has 0 N–H and O–H groups in total. The third kappa shape index (κ3) is 3.05. The van der Waals surface area contributed by atoms with Gasteiger partial charge in [-0.15, -0.1) is 11.3 Å². The monoisotopic (exact) mass is 337 g/mol. The van der Waals surface area contributed by atoms with E-state index in [-0.39, 0.29) is 0 Å². The third-order valence-electron chi connectivity index (χ3n) is 3.92. The predicted octanol–water partition coefficient (Wildman–Crippen LogP) is 4.01. The van der Waals surface area contributed by atoms with Crippen LogP contribution in [0.4, 0.5) is 0 Å². The molecule has 0 atom stereocenters. The minimum absolute atomic E-state index is 0.362. The Kier molecular flexibility index (Phi) is 3.82. The number of carbonyl (C=O) groups is 1. The number of esters is 1. The van der Waals surface area contributed by atoms with Gasteiger partial charge in [0.15, 0.2) is 0 Å². The Hall–Kier alpha value is -2.60. The van der Waals surface area contributed by atoms with Crippen LogP contribution in [-0.4, -0.2) is 20.9 Å². The highest BCUT2D eigenvalue weighted by Crippen LogP contribution is 2.40. The van der Waals surface area contributed by atoms with E-state index >= 15 is 0 Å². The van der Waals surface area contributed by atoms with Gasteiger partial charge in [0.2, 0.25) is 0 Å². The summed E-state index contributed by atoms with van der Waals surface area (Å²) in [7, 11) is 0. The van der Waals surface area contributed by atoms with Crippen LogP contribution in [0.3, 0.4) is 0 Å². The molecule has 5 nitrogen and oxygen atoms in total. The Balaban J connectivity index is 1.54. The molecule has 2 heterocycles. The van der Waals surface area contributed by atoms with E-state index in [1.165, 1.54) is 0 Å². The predicted molar refractivity (Wildman–Crippen MR) is 91.3 cm³/mol. The van der Waals surface area contributed by atoms with Crippen molar-refractivity contribution in [2.75, 3.05) is 0 Å². The second-order valence-corrected chi connectivity index (χ2v) is 6.50. The maximum absolute atomic E-state index is 12.5. The molecule has 0 unspecified atom stereocenters. The zero-order chi connectivity index (χ0) is 16.5. The molecule has 120 valence electrons. The van der Waals surface area contributed by atoms with Crippen molar-refractivity contribution in [1.82, 2.24) is 15.0 Å². The van der Waals surface area contributed by atoms with Gasteiger partial charge in [-0.2, -0.15) is 0 Å². The van der Waals surface area contributed by atoms with Gasteiger partial charge in [-0.3, -0.25) is 0 Å². The Morgan fingerprint density at radius 1 is 1.21 bits per heavy atom. The Labute approximate surface area is 143 Å². The maximum atomic E-state index is 12.5. The van der Waals surface area contributed by atoms with Crippen LogP contribution in [0, 0.1) is 6.92 Å². The average Bonchev–Trinajstić information content (AvgIpc) is 3.30. The molecule has 1 aliphatic rings. The van der Waals surface area contributed by atoms with Crippen LogP contribution in [-0.2, 0) is 0 Å². The molecule has 0 radical (unpaired) electrons. The van der Waals surface area contributed by atoms with Crippen molar-refractivity contribution in [3.63, 3.8) is 0 Å². The van der Waals surface area contributed by atoms with Crippen LogP contribution >= 0.6 is 11.3 Å². The lowest BCUT2D eigenvalue weighted by molar-refractivity contribution is 0.0732. The number of rotatable bonds is 4. The molecule has 1 aromatic carbocycles. The molecule has 1 aliphatic carbocycles. The molecular weight excluding hydrogens is 322 g/mol. The smallest absolute Gasteiger partial charge is 0.346 e. The lowest BCUT2D eigenvalue weighted by Crippen LogP contribution is -2.13. The summed E-state index contributed by atoms with van der Waals surface area (Å²) in [6, 6.07) is 7.34. The highest BCUT2D eigenvalue weighted by atomic mass is 32.1. The summed E-state index contributed by atoms with van der Waals surface area (Å²) < 4.78 is 5.49. The van der Waals surface area contributed by atoms with Crippen molar-refractivity contribution >= 4 is 17.3 Å². The van der Waals surface area contributed by atoms with Crippen molar-refractivity contribution in [3.8, 4) is 17.0 Å². The van der Waals surface area contributed by atoms with Crippen molar-refractivity contribution in [2.24, 2.45) is 0 Å². The van der Waals surface area contributed by atoms with Crippen LogP contribution in [0.5, 0.6) is 5.75 Å². The van der Waals surface area contributed by atoms with Gasteiger partial charge in [0.05, 0.1) is 16.9 Å². The van der Waals surface area contributed by atoms with Crippen LogP contribution < -0.4 is 4.74 Å². The summed E-state index contributed by atoms with van der Waals surface area (Å²) in [5.41, 5.74) is 4.98. The number of aromatic nitrogens is 3.